The van der Waals surface area contributed by atoms with Crippen LogP contribution in [0.5, 0.6) is 0 Å². The van der Waals surface area contributed by atoms with Gasteiger partial charge in [0.1, 0.15) is 0 Å². The van der Waals surface area contributed by atoms with Crippen LogP contribution in [-0.4, -0.2) is 59.6 Å². The van der Waals surface area contributed by atoms with Crippen molar-refractivity contribution < 1.29 is 8.42 Å². The minimum atomic E-state index is -3.41. The molecule has 1 aliphatic rings. The quantitative estimate of drug-likeness (QED) is 0.556. The van der Waals surface area contributed by atoms with Crippen molar-refractivity contribution in [1.82, 2.24) is 14.9 Å². The largest absolute Gasteiger partial charge is 0.368 e. The van der Waals surface area contributed by atoms with E-state index in [1.807, 2.05) is 30.3 Å². The molecule has 0 spiro atoms. The number of halogens is 1. The van der Waals surface area contributed by atoms with Gasteiger partial charge in [0.2, 0.25) is 10.0 Å². The lowest BCUT2D eigenvalue weighted by atomic mass is 10.2. The van der Waals surface area contributed by atoms with Gasteiger partial charge in [-0.3, -0.25) is 4.99 Å². The van der Waals surface area contributed by atoms with E-state index in [1.54, 1.807) is 19.2 Å². The molecule has 1 aliphatic heterocycles. The standard InChI is InChI=1S/C20H26ClN5O2S/c1-22-20(24-15-16-6-8-19(9-7-16)29(27,28)23-2)26-12-10-25(11-13-26)18-5-3-4-17(21)14-18/h3-9,14,23H,10-13,15H2,1-2H3,(H,22,24). The number of benzene rings is 2. The van der Waals surface area contributed by atoms with E-state index < -0.39 is 10.0 Å². The Morgan fingerprint density at radius 2 is 1.79 bits per heavy atom. The van der Waals surface area contributed by atoms with Crippen molar-refractivity contribution in [3.05, 3.63) is 59.1 Å². The van der Waals surface area contributed by atoms with E-state index in [0.29, 0.717) is 6.54 Å². The third-order valence-corrected chi connectivity index (χ3v) is 6.58. The highest BCUT2D eigenvalue weighted by Crippen LogP contribution is 2.20. The molecule has 0 radical (unpaired) electrons. The first-order valence-electron chi connectivity index (χ1n) is 9.41. The second kappa shape index (κ2) is 9.47. The minimum Gasteiger partial charge on any atom is -0.368 e. The average molecular weight is 436 g/mol. The van der Waals surface area contributed by atoms with Gasteiger partial charge in [-0.2, -0.15) is 0 Å². The summed E-state index contributed by atoms with van der Waals surface area (Å²) in [5.74, 6) is 0.836. The molecule has 1 saturated heterocycles. The molecular formula is C20H26ClN5O2S. The molecule has 9 heteroatoms. The molecule has 1 fully saturated rings. The SMILES string of the molecule is CN=C(NCc1ccc(S(=O)(=O)NC)cc1)N1CCN(c2cccc(Cl)c2)CC1. The van der Waals surface area contributed by atoms with E-state index in [-0.39, 0.29) is 4.90 Å². The van der Waals surface area contributed by atoms with Gasteiger partial charge in [0.15, 0.2) is 5.96 Å². The molecular weight excluding hydrogens is 410 g/mol. The summed E-state index contributed by atoms with van der Waals surface area (Å²) in [6.07, 6.45) is 0. The summed E-state index contributed by atoms with van der Waals surface area (Å²) < 4.78 is 25.9. The van der Waals surface area contributed by atoms with E-state index in [4.69, 9.17) is 11.6 Å². The summed E-state index contributed by atoms with van der Waals surface area (Å²) >= 11 is 6.10. The normalized spacial score (nSPS) is 15.5. The maximum Gasteiger partial charge on any atom is 0.240 e. The van der Waals surface area contributed by atoms with Gasteiger partial charge in [-0.15, -0.1) is 0 Å². The molecule has 0 saturated carbocycles. The Bertz CT molecular complexity index is 955. The van der Waals surface area contributed by atoms with Crippen LogP contribution in [0.25, 0.3) is 0 Å². The van der Waals surface area contributed by atoms with Crippen LogP contribution in [0.2, 0.25) is 5.02 Å². The number of aliphatic imine (C=N–C) groups is 1. The van der Waals surface area contributed by atoms with Crippen molar-refractivity contribution >= 4 is 33.3 Å². The number of nitrogens with one attached hydrogen (secondary N) is 2. The highest BCUT2D eigenvalue weighted by Gasteiger charge is 2.20. The Labute approximate surface area is 177 Å². The summed E-state index contributed by atoms with van der Waals surface area (Å²) in [4.78, 5) is 9.19. The Morgan fingerprint density at radius 1 is 1.10 bits per heavy atom. The van der Waals surface area contributed by atoms with Crippen molar-refractivity contribution in [2.75, 3.05) is 45.2 Å². The lowest BCUT2D eigenvalue weighted by molar-refractivity contribution is 0.372. The Morgan fingerprint density at radius 3 is 2.38 bits per heavy atom. The fourth-order valence-electron chi connectivity index (χ4n) is 3.27. The van der Waals surface area contributed by atoms with Crippen LogP contribution < -0.4 is 14.9 Å². The molecule has 29 heavy (non-hydrogen) atoms. The molecule has 2 aromatic rings. The second-order valence-electron chi connectivity index (χ2n) is 6.71. The van der Waals surface area contributed by atoms with Gasteiger partial charge in [0, 0.05) is 50.5 Å². The Balaban J connectivity index is 1.55. The van der Waals surface area contributed by atoms with Crippen molar-refractivity contribution in [3.8, 4) is 0 Å². The number of hydrogen-bond acceptors (Lipinski definition) is 4. The van der Waals surface area contributed by atoms with E-state index in [1.165, 1.54) is 7.05 Å². The van der Waals surface area contributed by atoms with Gasteiger partial charge < -0.3 is 15.1 Å². The van der Waals surface area contributed by atoms with Crippen molar-refractivity contribution in [2.45, 2.75) is 11.4 Å². The predicted molar refractivity (Wildman–Crippen MR) is 118 cm³/mol. The van der Waals surface area contributed by atoms with Crippen LogP contribution in [-0.2, 0) is 16.6 Å². The maximum atomic E-state index is 11.8. The lowest BCUT2D eigenvalue weighted by Crippen LogP contribution is -2.52. The maximum absolute atomic E-state index is 11.8. The summed E-state index contributed by atoms with van der Waals surface area (Å²) in [5.41, 5.74) is 2.12. The summed E-state index contributed by atoms with van der Waals surface area (Å²) in [5, 5.41) is 4.11. The van der Waals surface area contributed by atoms with E-state index in [0.717, 1.165) is 48.4 Å². The molecule has 3 rings (SSSR count). The fourth-order valence-corrected chi connectivity index (χ4v) is 4.18. The number of rotatable bonds is 5. The smallest absolute Gasteiger partial charge is 0.240 e. The van der Waals surface area contributed by atoms with Gasteiger partial charge in [-0.05, 0) is 42.9 Å². The molecule has 2 N–H and O–H groups in total. The molecule has 0 atom stereocenters. The second-order valence-corrected chi connectivity index (χ2v) is 9.03. The van der Waals surface area contributed by atoms with Crippen LogP contribution in [0.4, 0.5) is 5.69 Å². The van der Waals surface area contributed by atoms with Crippen LogP contribution >= 0.6 is 11.6 Å². The number of guanidine groups is 1. The monoisotopic (exact) mass is 435 g/mol. The highest BCUT2D eigenvalue weighted by atomic mass is 35.5. The molecule has 7 nitrogen and oxygen atoms in total. The molecule has 156 valence electrons. The third-order valence-electron chi connectivity index (χ3n) is 4.92. The van der Waals surface area contributed by atoms with Crippen molar-refractivity contribution in [3.63, 3.8) is 0 Å². The zero-order valence-corrected chi connectivity index (χ0v) is 18.2. The fraction of sp³-hybridized carbons (Fsp3) is 0.350. The molecule has 0 aromatic heterocycles. The van der Waals surface area contributed by atoms with E-state index in [9.17, 15) is 8.42 Å². The Hall–Kier alpha value is -2.29. The lowest BCUT2D eigenvalue weighted by Gasteiger charge is -2.37. The first-order chi connectivity index (χ1) is 13.9. The highest BCUT2D eigenvalue weighted by molar-refractivity contribution is 7.89. The first kappa shape index (κ1) is 21.4. The number of piperazine rings is 1. The van der Waals surface area contributed by atoms with Gasteiger partial charge in [0.25, 0.3) is 0 Å². The predicted octanol–water partition coefficient (Wildman–Crippen LogP) is 2.15. The van der Waals surface area contributed by atoms with Crippen LogP contribution in [0.3, 0.4) is 0 Å². The van der Waals surface area contributed by atoms with Gasteiger partial charge in [0.05, 0.1) is 4.90 Å². The number of nitrogens with zero attached hydrogens (tertiary/aromatic N) is 3. The van der Waals surface area contributed by atoms with E-state index in [2.05, 4.69) is 30.9 Å². The van der Waals surface area contributed by atoms with Crippen LogP contribution in [0.15, 0.2) is 58.4 Å². The zero-order chi connectivity index (χ0) is 20.9. The van der Waals surface area contributed by atoms with Crippen LogP contribution in [0.1, 0.15) is 5.56 Å². The van der Waals surface area contributed by atoms with Gasteiger partial charge >= 0.3 is 0 Å². The molecule has 1 heterocycles. The van der Waals surface area contributed by atoms with Crippen molar-refractivity contribution in [1.29, 1.82) is 0 Å². The Kier molecular flexibility index (Phi) is 7.00. The minimum absolute atomic E-state index is 0.255. The summed E-state index contributed by atoms with van der Waals surface area (Å²) in [6, 6.07) is 14.7. The average Bonchev–Trinajstić information content (AvgIpc) is 2.75. The molecule has 0 unspecified atom stereocenters. The molecule has 0 amide bonds. The summed E-state index contributed by atoms with van der Waals surface area (Å²) in [7, 11) is -0.238. The van der Waals surface area contributed by atoms with Gasteiger partial charge in [-0.1, -0.05) is 29.8 Å². The van der Waals surface area contributed by atoms with Crippen molar-refractivity contribution in [2.24, 2.45) is 4.99 Å². The van der Waals surface area contributed by atoms with E-state index >= 15 is 0 Å². The first-order valence-corrected chi connectivity index (χ1v) is 11.3. The van der Waals surface area contributed by atoms with Gasteiger partial charge in [-0.25, -0.2) is 13.1 Å². The third kappa shape index (κ3) is 5.41. The molecule has 2 aromatic carbocycles. The number of hydrogen-bond donors (Lipinski definition) is 2. The topological polar surface area (TPSA) is 77.0 Å². The van der Waals surface area contributed by atoms with Crippen LogP contribution in [0, 0.1) is 0 Å². The zero-order valence-electron chi connectivity index (χ0n) is 16.6. The summed E-state index contributed by atoms with van der Waals surface area (Å²) in [6.45, 7) is 4.05. The number of anilines is 1. The number of sulfonamides is 1. The molecule has 0 bridgehead atoms. The molecule has 0 aliphatic carbocycles.